The monoisotopic (exact) mass is 278 g/mol. The minimum absolute atomic E-state index is 0.317. The van der Waals surface area contributed by atoms with Crippen molar-refractivity contribution in [1.29, 1.82) is 0 Å². The lowest BCUT2D eigenvalue weighted by atomic mass is 9.67. The molecule has 1 aliphatic heterocycles. The maximum Gasteiger partial charge on any atom is 0.0359 e. The Kier molecular flexibility index (Phi) is 4.16. The van der Waals surface area contributed by atoms with Crippen molar-refractivity contribution >= 4 is 0 Å². The molecule has 2 aliphatic carbocycles. The fourth-order valence-electron chi connectivity index (χ4n) is 5.62. The molecule has 3 rings (SSSR count). The quantitative estimate of drug-likeness (QED) is 0.832. The summed E-state index contributed by atoms with van der Waals surface area (Å²) in [4.78, 5) is 2.82. The minimum atomic E-state index is 0.317. The lowest BCUT2D eigenvalue weighted by Crippen LogP contribution is -2.62. The van der Waals surface area contributed by atoms with Crippen molar-refractivity contribution < 1.29 is 0 Å². The Morgan fingerprint density at radius 3 is 2.25 bits per heavy atom. The Balaban J connectivity index is 1.70. The van der Waals surface area contributed by atoms with Crippen molar-refractivity contribution in [2.45, 2.75) is 77.2 Å². The van der Waals surface area contributed by atoms with Gasteiger partial charge in [-0.2, -0.15) is 0 Å². The van der Waals surface area contributed by atoms with Crippen LogP contribution >= 0.6 is 0 Å². The third-order valence-corrected chi connectivity index (χ3v) is 7.18. The smallest absolute Gasteiger partial charge is 0.0359 e. The summed E-state index contributed by atoms with van der Waals surface area (Å²) in [7, 11) is 0. The van der Waals surface area contributed by atoms with Crippen molar-refractivity contribution in [3.8, 4) is 0 Å². The predicted molar refractivity (Wildman–Crippen MR) is 85.7 cm³/mol. The number of nitrogens with zero attached hydrogens (tertiary/aromatic N) is 1. The van der Waals surface area contributed by atoms with E-state index in [1.165, 1.54) is 70.9 Å². The number of likely N-dealkylation sites (tertiary alicyclic amines) is 1. The largest absolute Gasteiger partial charge is 0.329 e. The van der Waals surface area contributed by atoms with Crippen molar-refractivity contribution in [2.24, 2.45) is 23.0 Å². The van der Waals surface area contributed by atoms with E-state index >= 15 is 0 Å². The summed E-state index contributed by atoms with van der Waals surface area (Å²) in [6.45, 7) is 8.38. The summed E-state index contributed by atoms with van der Waals surface area (Å²) in [6.07, 6.45) is 13.0. The van der Waals surface area contributed by atoms with Crippen LogP contribution < -0.4 is 5.73 Å². The van der Waals surface area contributed by atoms with Crippen LogP contribution in [-0.4, -0.2) is 30.1 Å². The van der Waals surface area contributed by atoms with Gasteiger partial charge in [0.15, 0.2) is 0 Å². The van der Waals surface area contributed by atoms with Gasteiger partial charge < -0.3 is 5.73 Å². The first-order chi connectivity index (χ1) is 9.60. The van der Waals surface area contributed by atoms with E-state index in [1.54, 1.807) is 0 Å². The topological polar surface area (TPSA) is 29.3 Å². The molecular formula is C18H34N2. The molecule has 116 valence electrons. The van der Waals surface area contributed by atoms with Crippen LogP contribution in [0.2, 0.25) is 0 Å². The molecule has 2 heteroatoms. The first-order valence-corrected chi connectivity index (χ1v) is 9.05. The Morgan fingerprint density at radius 1 is 1.00 bits per heavy atom. The summed E-state index contributed by atoms with van der Waals surface area (Å²) >= 11 is 0. The Labute approximate surface area is 125 Å². The number of rotatable bonds is 2. The van der Waals surface area contributed by atoms with E-state index in [1.807, 2.05) is 0 Å². The van der Waals surface area contributed by atoms with Gasteiger partial charge in [0, 0.05) is 12.1 Å². The highest BCUT2D eigenvalue weighted by atomic mass is 15.2. The van der Waals surface area contributed by atoms with Crippen LogP contribution in [-0.2, 0) is 0 Å². The molecule has 3 atom stereocenters. The van der Waals surface area contributed by atoms with E-state index < -0.39 is 0 Å². The zero-order valence-electron chi connectivity index (χ0n) is 13.7. The van der Waals surface area contributed by atoms with Gasteiger partial charge in [-0.05, 0) is 68.9 Å². The number of piperidine rings is 1. The molecule has 2 N–H and O–H groups in total. The average molecular weight is 278 g/mol. The van der Waals surface area contributed by atoms with Gasteiger partial charge in [-0.15, -0.1) is 0 Å². The second kappa shape index (κ2) is 5.61. The van der Waals surface area contributed by atoms with Gasteiger partial charge in [0.25, 0.3) is 0 Å². The Hall–Kier alpha value is -0.0800. The zero-order valence-corrected chi connectivity index (χ0v) is 13.7. The first-order valence-electron chi connectivity index (χ1n) is 9.05. The molecule has 1 heterocycles. The van der Waals surface area contributed by atoms with Crippen LogP contribution in [0.1, 0.15) is 71.6 Å². The standard InChI is InChI=1S/C18H34N2/c1-15-5-6-16(2)18(13-15,14-19)20-11-9-17(10-12-20)7-3-4-8-17/h15-16H,3-14,19H2,1-2H3. The van der Waals surface area contributed by atoms with Gasteiger partial charge in [-0.25, -0.2) is 0 Å². The van der Waals surface area contributed by atoms with Crippen LogP contribution in [0.5, 0.6) is 0 Å². The van der Waals surface area contributed by atoms with E-state index in [2.05, 4.69) is 18.7 Å². The molecule has 20 heavy (non-hydrogen) atoms. The predicted octanol–water partition coefficient (Wildman–Crippen LogP) is 3.80. The molecule has 2 nitrogen and oxygen atoms in total. The summed E-state index contributed by atoms with van der Waals surface area (Å²) in [5, 5.41) is 0. The molecule has 3 fully saturated rings. The van der Waals surface area contributed by atoms with Gasteiger partial charge in [0.05, 0.1) is 0 Å². The lowest BCUT2D eigenvalue weighted by molar-refractivity contribution is -0.0400. The molecule has 2 saturated carbocycles. The second-order valence-electron chi connectivity index (χ2n) is 8.29. The average Bonchev–Trinajstić information content (AvgIpc) is 2.91. The van der Waals surface area contributed by atoms with E-state index in [4.69, 9.17) is 5.73 Å². The number of nitrogens with two attached hydrogens (primary N) is 1. The van der Waals surface area contributed by atoms with Gasteiger partial charge >= 0.3 is 0 Å². The minimum Gasteiger partial charge on any atom is -0.329 e. The molecule has 0 radical (unpaired) electrons. The first kappa shape index (κ1) is 14.8. The van der Waals surface area contributed by atoms with Crippen LogP contribution in [0.25, 0.3) is 0 Å². The maximum atomic E-state index is 6.33. The molecular weight excluding hydrogens is 244 g/mol. The van der Waals surface area contributed by atoms with E-state index in [0.29, 0.717) is 5.54 Å². The summed E-state index contributed by atoms with van der Waals surface area (Å²) in [5.41, 5.74) is 7.37. The highest BCUT2D eigenvalue weighted by Crippen LogP contribution is 2.49. The highest BCUT2D eigenvalue weighted by molar-refractivity contribution is 5.03. The molecule has 0 amide bonds. The van der Waals surface area contributed by atoms with Gasteiger partial charge in [0.1, 0.15) is 0 Å². The van der Waals surface area contributed by atoms with Crippen molar-refractivity contribution in [3.05, 3.63) is 0 Å². The third kappa shape index (κ3) is 2.43. The van der Waals surface area contributed by atoms with Crippen molar-refractivity contribution in [1.82, 2.24) is 4.90 Å². The number of hydrogen-bond acceptors (Lipinski definition) is 2. The van der Waals surface area contributed by atoms with E-state index in [-0.39, 0.29) is 0 Å². The van der Waals surface area contributed by atoms with Crippen molar-refractivity contribution in [3.63, 3.8) is 0 Å². The summed E-state index contributed by atoms with van der Waals surface area (Å²) in [5.74, 6) is 1.64. The Bertz CT molecular complexity index is 324. The highest BCUT2D eigenvalue weighted by Gasteiger charge is 2.47. The second-order valence-corrected chi connectivity index (χ2v) is 8.29. The lowest BCUT2D eigenvalue weighted by Gasteiger charge is -2.55. The van der Waals surface area contributed by atoms with Gasteiger partial charge in [-0.3, -0.25) is 4.90 Å². The van der Waals surface area contributed by atoms with Crippen LogP contribution in [0.3, 0.4) is 0 Å². The van der Waals surface area contributed by atoms with Gasteiger partial charge in [-0.1, -0.05) is 33.1 Å². The van der Waals surface area contributed by atoms with Crippen LogP contribution in [0, 0.1) is 17.3 Å². The summed E-state index contributed by atoms with van der Waals surface area (Å²) in [6, 6.07) is 0. The molecule has 1 saturated heterocycles. The van der Waals surface area contributed by atoms with Crippen LogP contribution in [0.15, 0.2) is 0 Å². The van der Waals surface area contributed by atoms with E-state index in [0.717, 1.165) is 23.8 Å². The molecule has 0 aromatic rings. The SMILES string of the molecule is CC1CCC(C)C(CN)(N2CCC3(CCCC3)CC2)C1. The molecule has 3 aliphatic rings. The molecule has 0 aromatic heterocycles. The van der Waals surface area contributed by atoms with E-state index in [9.17, 15) is 0 Å². The molecule has 3 unspecified atom stereocenters. The maximum absolute atomic E-state index is 6.33. The number of hydrogen-bond donors (Lipinski definition) is 1. The van der Waals surface area contributed by atoms with Gasteiger partial charge in [0.2, 0.25) is 0 Å². The fourth-order valence-corrected chi connectivity index (χ4v) is 5.62. The Morgan fingerprint density at radius 2 is 1.65 bits per heavy atom. The normalized spacial score (nSPS) is 42.1. The molecule has 0 bridgehead atoms. The van der Waals surface area contributed by atoms with Crippen LogP contribution in [0.4, 0.5) is 0 Å². The molecule has 1 spiro atoms. The fraction of sp³-hybridized carbons (Fsp3) is 1.00. The summed E-state index contributed by atoms with van der Waals surface area (Å²) < 4.78 is 0. The molecule has 0 aromatic carbocycles. The zero-order chi connectivity index (χ0) is 14.2. The third-order valence-electron chi connectivity index (χ3n) is 7.18. The van der Waals surface area contributed by atoms with Crippen molar-refractivity contribution in [2.75, 3.05) is 19.6 Å².